The highest BCUT2D eigenvalue weighted by atomic mass is 35.5. The molecule has 1 saturated heterocycles. The van der Waals surface area contributed by atoms with E-state index in [9.17, 15) is 9.59 Å². The molecule has 1 atom stereocenters. The van der Waals surface area contributed by atoms with Gasteiger partial charge in [-0.3, -0.25) is 4.79 Å². The molecule has 1 heterocycles. The number of rotatable bonds is 5. The molecule has 0 aromatic heterocycles. The average Bonchev–Trinajstić information content (AvgIpc) is 3.11. The Morgan fingerprint density at radius 2 is 1.85 bits per heavy atom. The van der Waals surface area contributed by atoms with Gasteiger partial charge in [-0.1, -0.05) is 43.2 Å². The van der Waals surface area contributed by atoms with Crippen molar-refractivity contribution >= 4 is 24.3 Å². The van der Waals surface area contributed by atoms with E-state index in [1.165, 1.54) is 0 Å². The van der Waals surface area contributed by atoms with Crippen molar-refractivity contribution in [3.8, 4) is 0 Å². The highest BCUT2D eigenvalue weighted by molar-refractivity contribution is 5.91. The predicted molar refractivity (Wildman–Crippen MR) is 104 cm³/mol. The molecule has 144 valence electrons. The molecule has 0 radical (unpaired) electrons. The molecule has 4 N–H and O–H groups in total. The number of urea groups is 1. The first kappa shape index (κ1) is 20.5. The molecule has 1 aliphatic carbocycles. The van der Waals surface area contributed by atoms with Crippen LogP contribution in [0.15, 0.2) is 30.3 Å². The molecule has 0 spiro atoms. The Hall–Kier alpha value is -1.79. The molecular weight excluding hydrogens is 352 g/mol. The molecule has 2 fully saturated rings. The summed E-state index contributed by atoms with van der Waals surface area (Å²) < 4.78 is 0. The second-order valence-electron chi connectivity index (χ2n) is 7.10. The Labute approximate surface area is 161 Å². The van der Waals surface area contributed by atoms with Crippen LogP contribution in [0.25, 0.3) is 0 Å². The lowest BCUT2D eigenvalue weighted by molar-refractivity contribution is -0.128. The van der Waals surface area contributed by atoms with Crippen molar-refractivity contribution in [2.24, 2.45) is 0 Å². The van der Waals surface area contributed by atoms with Gasteiger partial charge in [-0.2, -0.15) is 0 Å². The monoisotopic (exact) mass is 380 g/mol. The number of halogens is 1. The average molecular weight is 381 g/mol. The maximum atomic E-state index is 12.9. The van der Waals surface area contributed by atoms with Gasteiger partial charge >= 0.3 is 6.03 Å². The zero-order chi connectivity index (χ0) is 17.5. The first-order valence-corrected chi connectivity index (χ1v) is 9.30. The number of nitrogens with one attached hydrogen (secondary N) is 4. The van der Waals surface area contributed by atoms with E-state index >= 15 is 0 Å². The SMILES string of the molecule is Cl.O=C(NCc1ccccc1)NC1(C(=O)N[C@H]2CCCNC2)CCCC1. The van der Waals surface area contributed by atoms with Crippen LogP contribution in [0, 0.1) is 0 Å². The van der Waals surface area contributed by atoms with Gasteiger partial charge in [0.2, 0.25) is 5.91 Å². The normalized spacial score (nSPS) is 21.3. The van der Waals surface area contributed by atoms with Crippen LogP contribution in [-0.4, -0.2) is 36.6 Å². The molecule has 3 rings (SSSR count). The number of hydrogen-bond donors (Lipinski definition) is 4. The van der Waals surface area contributed by atoms with E-state index in [2.05, 4.69) is 21.3 Å². The maximum absolute atomic E-state index is 12.9. The topological polar surface area (TPSA) is 82.3 Å². The minimum atomic E-state index is -0.766. The molecule has 26 heavy (non-hydrogen) atoms. The summed E-state index contributed by atoms with van der Waals surface area (Å²) in [6.07, 6.45) is 5.41. The third-order valence-electron chi connectivity index (χ3n) is 5.17. The molecule has 3 amide bonds. The van der Waals surface area contributed by atoms with Gasteiger partial charge in [-0.25, -0.2) is 4.79 Å². The Balaban J connectivity index is 0.00000243. The summed E-state index contributed by atoms with van der Waals surface area (Å²) in [5.41, 5.74) is 0.272. The van der Waals surface area contributed by atoms with E-state index in [0.29, 0.717) is 19.4 Å². The fourth-order valence-corrected chi connectivity index (χ4v) is 3.73. The molecular formula is C19H29ClN4O2. The lowest BCUT2D eigenvalue weighted by Crippen LogP contribution is -2.61. The van der Waals surface area contributed by atoms with E-state index < -0.39 is 5.54 Å². The predicted octanol–water partition coefficient (Wildman–Crippen LogP) is 2.09. The van der Waals surface area contributed by atoms with E-state index in [1.54, 1.807) is 0 Å². The molecule has 0 bridgehead atoms. The summed E-state index contributed by atoms with van der Waals surface area (Å²) in [6.45, 7) is 2.27. The van der Waals surface area contributed by atoms with Crippen molar-refractivity contribution in [3.05, 3.63) is 35.9 Å². The number of piperidine rings is 1. The Bertz CT molecular complexity index is 584. The third-order valence-corrected chi connectivity index (χ3v) is 5.17. The Morgan fingerprint density at radius 3 is 2.50 bits per heavy atom. The van der Waals surface area contributed by atoms with Crippen LogP contribution in [0.5, 0.6) is 0 Å². The van der Waals surface area contributed by atoms with Crippen molar-refractivity contribution in [1.29, 1.82) is 0 Å². The summed E-state index contributed by atoms with van der Waals surface area (Å²) in [4.78, 5) is 25.2. The summed E-state index contributed by atoms with van der Waals surface area (Å²) in [5.74, 6) is -0.0337. The summed E-state index contributed by atoms with van der Waals surface area (Å²) in [5, 5.41) is 12.3. The molecule has 2 aliphatic rings. The standard InChI is InChI=1S/C19H28N4O2.ClH/c24-17(22-16-9-6-12-20-14-16)19(10-4-5-11-19)23-18(25)21-13-15-7-2-1-3-8-15;/h1-3,7-8,16,20H,4-6,9-14H2,(H,22,24)(H2,21,23,25);1H/t16-;/m0./s1. The largest absolute Gasteiger partial charge is 0.350 e. The van der Waals surface area contributed by atoms with Crippen LogP contribution in [0.2, 0.25) is 0 Å². The first-order chi connectivity index (χ1) is 12.2. The third kappa shape index (κ3) is 5.35. The van der Waals surface area contributed by atoms with E-state index in [1.807, 2.05) is 30.3 Å². The highest BCUT2D eigenvalue weighted by Gasteiger charge is 2.43. The minimum absolute atomic E-state index is 0. The quantitative estimate of drug-likeness (QED) is 0.631. The summed E-state index contributed by atoms with van der Waals surface area (Å²) in [6, 6.07) is 9.65. The van der Waals surface area contributed by atoms with Crippen LogP contribution in [0.3, 0.4) is 0 Å². The fraction of sp³-hybridized carbons (Fsp3) is 0.579. The van der Waals surface area contributed by atoms with Gasteiger partial charge in [0.15, 0.2) is 0 Å². The van der Waals surface area contributed by atoms with Crippen molar-refractivity contribution in [2.75, 3.05) is 13.1 Å². The van der Waals surface area contributed by atoms with Gasteiger partial charge in [0, 0.05) is 19.1 Å². The molecule has 1 aromatic carbocycles. The lowest BCUT2D eigenvalue weighted by Gasteiger charge is -2.32. The fourth-order valence-electron chi connectivity index (χ4n) is 3.73. The van der Waals surface area contributed by atoms with Crippen molar-refractivity contribution < 1.29 is 9.59 Å². The second kappa shape index (κ2) is 9.78. The van der Waals surface area contributed by atoms with Crippen LogP contribution < -0.4 is 21.3 Å². The molecule has 6 nitrogen and oxygen atoms in total. The smallest absolute Gasteiger partial charge is 0.315 e. The lowest BCUT2D eigenvalue weighted by atomic mass is 9.95. The number of hydrogen-bond acceptors (Lipinski definition) is 3. The highest BCUT2D eigenvalue weighted by Crippen LogP contribution is 2.30. The Kier molecular flexibility index (Phi) is 7.72. The molecule has 0 unspecified atom stereocenters. The molecule has 1 aromatic rings. The first-order valence-electron chi connectivity index (χ1n) is 9.30. The van der Waals surface area contributed by atoms with Crippen molar-refractivity contribution in [2.45, 2.75) is 56.7 Å². The zero-order valence-corrected chi connectivity index (χ0v) is 15.9. The summed E-state index contributed by atoms with van der Waals surface area (Å²) in [7, 11) is 0. The number of carbonyl (C=O) groups is 2. The van der Waals surface area contributed by atoms with Gasteiger partial charge < -0.3 is 21.3 Å². The zero-order valence-electron chi connectivity index (χ0n) is 15.1. The van der Waals surface area contributed by atoms with Gasteiger partial charge in [-0.05, 0) is 37.8 Å². The number of amides is 3. The van der Waals surface area contributed by atoms with Gasteiger partial charge in [0.1, 0.15) is 5.54 Å². The maximum Gasteiger partial charge on any atom is 0.315 e. The van der Waals surface area contributed by atoms with Crippen LogP contribution in [0.1, 0.15) is 44.1 Å². The second-order valence-corrected chi connectivity index (χ2v) is 7.10. The Morgan fingerprint density at radius 1 is 1.12 bits per heavy atom. The van der Waals surface area contributed by atoms with E-state index in [0.717, 1.165) is 44.3 Å². The van der Waals surface area contributed by atoms with Crippen LogP contribution in [-0.2, 0) is 11.3 Å². The molecule has 1 aliphatic heterocycles. The van der Waals surface area contributed by atoms with Gasteiger partial charge in [0.25, 0.3) is 0 Å². The van der Waals surface area contributed by atoms with Crippen molar-refractivity contribution in [1.82, 2.24) is 21.3 Å². The van der Waals surface area contributed by atoms with E-state index in [-0.39, 0.29) is 30.4 Å². The molecule has 1 saturated carbocycles. The van der Waals surface area contributed by atoms with Crippen molar-refractivity contribution in [3.63, 3.8) is 0 Å². The van der Waals surface area contributed by atoms with Gasteiger partial charge in [0.05, 0.1) is 0 Å². The number of carbonyl (C=O) groups excluding carboxylic acids is 2. The van der Waals surface area contributed by atoms with Crippen LogP contribution >= 0.6 is 12.4 Å². The molecule has 7 heteroatoms. The summed E-state index contributed by atoms with van der Waals surface area (Å²) >= 11 is 0. The van der Waals surface area contributed by atoms with E-state index in [4.69, 9.17) is 0 Å². The number of benzene rings is 1. The van der Waals surface area contributed by atoms with Crippen LogP contribution in [0.4, 0.5) is 4.79 Å². The van der Waals surface area contributed by atoms with Gasteiger partial charge in [-0.15, -0.1) is 12.4 Å². The minimum Gasteiger partial charge on any atom is -0.350 e.